The van der Waals surface area contributed by atoms with Crippen LogP contribution in [0.2, 0.25) is 0 Å². The highest BCUT2D eigenvalue weighted by Gasteiger charge is 2.13. The van der Waals surface area contributed by atoms with Gasteiger partial charge in [0.25, 0.3) is 5.78 Å². The van der Waals surface area contributed by atoms with Gasteiger partial charge in [-0.1, -0.05) is 12.2 Å². The number of aromatic amines is 1. The molecule has 3 N–H and O–H groups in total. The van der Waals surface area contributed by atoms with Crippen LogP contribution in [0, 0.1) is 4.64 Å². The lowest BCUT2D eigenvalue weighted by molar-refractivity contribution is 0.0695. The number of aliphatic hydroxyl groups is 1. The summed E-state index contributed by atoms with van der Waals surface area (Å²) in [7, 11) is 0. The van der Waals surface area contributed by atoms with Gasteiger partial charge in [0.05, 0.1) is 0 Å². The first-order valence-corrected chi connectivity index (χ1v) is 4.80. The molecular weight excluding hydrogens is 232 g/mol. The van der Waals surface area contributed by atoms with Crippen molar-refractivity contribution < 1.29 is 15.0 Å². The number of nitrogens with one attached hydrogen (secondary N) is 1. The van der Waals surface area contributed by atoms with Gasteiger partial charge < -0.3 is 10.2 Å². The summed E-state index contributed by atoms with van der Waals surface area (Å²) >= 11 is 4.96. The molecule has 0 aliphatic carbocycles. The number of carbonyl (C=O) groups is 1. The van der Waals surface area contributed by atoms with E-state index in [0.29, 0.717) is 0 Å². The summed E-state index contributed by atoms with van der Waals surface area (Å²) in [5.74, 6) is -0.646. The maximum absolute atomic E-state index is 10.8. The van der Waals surface area contributed by atoms with Crippen LogP contribution >= 0.6 is 12.2 Å². The predicted octanol–water partition coefficient (Wildman–Crippen LogP) is 0.538. The Morgan fingerprint density at radius 2 is 2.38 bits per heavy atom. The van der Waals surface area contributed by atoms with Crippen LogP contribution in [-0.4, -0.2) is 35.8 Å². The van der Waals surface area contributed by atoms with Gasteiger partial charge in [-0.15, -0.1) is 0 Å². The zero-order valence-corrected chi connectivity index (χ0v) is 9.02. The van der Waals surface area contributed by atoms with E-state index in [1.807, 2.05) is 0 Å². The molecule has 1 atom stereocenters. The molecular formula is C8H8N4O3S. The van der Waals surface area contributed by atoms with Gasteiger partial charge in [-0.2, -0.15) is 4.98 Å². The van der Waals surface area contributed by atoms with Crippen molar-refractivity contribution in [1.82, 2.24) is 19.6 Å². The normalized spacial score (nSPS) is 12.9. The first-order valence-electron chi connectivity index (χ1n) is 4.39. The van der Waals surface area contributed by atoms with Crippen LogP contribution in [0.15, 0.2) is 6.20 Å². The van der Waals surface area contributed by atoms with Crippen LogP contribution in [0.1, 0.15) is 29.2 Å². The van der Waals surface area contributed by atoms with Crippen molar-refractivity contribution in [2.45, 2.75) is 13.0 Å². The lowest BCUT2D eigenvalue weighted by Gasteiger charge is -1.96. The van der Waals surface area contributed by atoms with Gasteiger partial charge in [-0.05, 0) is 6.92 Å². The molecule has 0 radical (unpaired) electrons. The monoisotopic (exact) mass is 240 g/mol. The van der Waals surface area contributed by atoms with Crippen molar-refractivity contribution in [3.8, 4) is 0 Å². The second-order valence-electron chi connectivity index (χ2n) is 3.20. The molecule has 8 heteroatoms. The highest BCUT2D eigenvalue weighted by molar-refractivity contribution is 7.71. The maximum atomic E-state index is 10.8. The van der Waals surface area contributed by atoms with Crippen molar-refractivity contribution in [2.75, 3.05) is 0 Å². The fourth-order valence-electron chi connectivity index (χ4n) is 1.21. The van der Waals surface area contributed by atoms with Crippen LogP contribution in [0.25, 0.3) is 5.78 Å². The number of rotatable bonds is 2. The van der Waals surface area contributed by atoms with E-state index in [0.717, 1.165) is 6.20 Å². The second-order valence-corrected chi connectivity index (χ2v) is 3.59. The molecule has 2 aromatic rings. The third-order valence-corrected chi connectivity index (χ3v) is 2.42. The number of aromatic carboxylic acids is 1. The molecule has 16 heavy (non-hydrogen) atoms. The lowest BCUT2D eigenvalue weighted by atomic mass is 10.3. The largest absolute Gasteiger partial charge is 0.478 e. The molecule has 0 aliphatic rings. The Labute approximate surface area is 94.4 Å². The third-order valence-electron chi connectivity index (χ3n) is 2.02. The molecule has 1 unspecified atom stereocenters. The molecule has 84 valence electrons. The number of aromatic nitrogens is 4. The summed E-state index contributed by atoms with van der Waals surface area (Å²) in [5.41, 5.74) is -0.0895. The summed E-state index contributed by atoms with van der Waals surface area (Å²) in [6.07, 6.45) is 0.344. The number of hydrogen-bond acceptors (Lipinski definition) is 5. The quantitative estimate of drug-likeness (QED) is 0.662. The molecule has 7 nitrogen and oxygen atoms in total. The van der Waals surface area contributed by atoms with Gasteiger partial charge in [-0.25, -0.2) is 14.3 Å². The van der Waals surface area contributed by atoms with Crippen molar-refractivity contribution in [1.29, 1.82) is 0 Å². The molecule has 2 rings (SSSR count). The number of carboxylic acids is 1. The Bertz CT molecular complexity index is 615. The van der Waals surface area contributed by atoms with E-state index >= 15 is 0 Å². The number of fused-ring (bicyclic) bond motifs is 1. The fraction of sp³-hybridized carbons (Fsp3) is 0.250. The Hall–Kier alpha value is -1.80. The van der Waals surface area contributed by atoms with E-state index in [2.05, 4.69) is 15.1 Å². The van der Waals surface area contributed by atoms with Gasteiger partial charge in [-0.3, -0.25) is 5.10 Å². The van der Waals surface area contributed by atoms with Crippen molar-refractivity contribution >= 4 is 24.0 Å². The number of hydrogen-bond donors (Lipinski definition) is 3. The van der Waals surface area contributed by atoms with Crippen LogP contribution in [0.5, 0.6) is 0 Å². The van der Waals surface area contributed by atoms with Crippen LogP contribution in [0.3, 0.4) is 0 Å². The van der Waals surface area contributed by atoms with E-state index in [1.165, 1.54) is 11.4 Å². The van der Waals surface area contributed by atoms with Crippen molar-refractivity contribution in [3.05, 3.63) is 22.2 Å². The Balaban J connectivity index is 2.75. The molecule has 0 saturated heterocycles. The highest BCUT2D eigenvalue weighted by atomic mass is 32.1. The average Bonchev–Trinajstić information content (AvgIpc) is 2.62. The maximum Gasteiger partial charge on any atom is 0.340 e. The van der Waals surface area contributed by atoms with Gasteiger partial charge in [0.1, 0.15) is 16.3 Å². The lowest BCUT2D eigenvalue weighted by Crippen LogP contribution is -2.04. The molecule has 2 aromatic heterocycles. The first kappa shape index (κ1) is 10.7. The fourth-order valence-corrected chi connectivity index (χ4v) is 1.47. The molecule has 0 amide bonds. The standard InChI is InChI=1S/C8H8N4O3S/c1-3(13)5-10-8-9-2-4(7(14)15)6(16)12(8)11-5/h2-3,13H,1H3,(H,14,15)(H,9,10,11). The molecule has 0 spiro atoms. The van der Waals surface area contributed by atoms with Gasteiger partial charge in [0.2, 0.25) is 0 Å². The number of aliphatic hydroxyl groups excluding tert-OH is 1. The summed E-state index contributed by atoms with van der Waals surface area (Å²) in [6.45, 7) is 1.53. The zero-order chi connectivity index (χ0) is 11.9. The Morgan fingerprint density at radius 3 is 2.94 bits per heavy atom. The molecule has 0 bridgehead atoms. The Kier molecular flexibility index (Phi) is 2.44. The summed E-state index contributed by atoms with van der Waals surface area (Å²) in [4.78, 5) is 18.6. The topological polar surface area (TPSA) is 104 Å². The SMILES string of the molecule is CC(O)c1nc2ncc(C(=O)O)c(=S)n2[nH]1. The van der Waals surface area contributed by atoms with Crippen molar-refractivity contribution in [2.24, 2.45) is 0 Å². The second kappa shape index (κ2) is 3.65. The minimum atomic E-state index is -1.15. The van der Waals surface area contributed by atoms with Gasteiger partial charge >= 0.3 is 5.97 Å². The third kappa shape index (κ3) is 1.57. The predicted molar refractivity (Wildman–Crippen MR) is 55.8 cm³/mol. The van der Waals surface area contributed by atoms with E-state index < -0.39 is 12.1 Å². The summed E-state index contributed by atoms with van der Waals surface area (Å²) < 4.78 is 1.32. The Morgan fingerprint density at radius 1 is 1.69 bits per heavy atom. The average molecular weight is 240 g/mol. The zero-order valence-electron chi connectivity index (χ0n) is 8.21. The number of carboxylic acid groups (broad SMARTS) is 1. The number of nitrogens with zero attached hydrogens (tertiary/aromatic N) is 3. The number of H-pyrrole nitrogens is 1. The van der Waals surface area contributed by atoms with Crippen LogP contribution < -0.4 is 0 Å². The summed E-state index contributed by atoms with van der Waals surface area (Å²) in [6, 6.07) is 0. The van der Waals surface area contributed by atoms with E-state index in [9.17, 15) is 9.90 Å². The molecule has 2 heterocycles. The minimum Gasteiger partial charge on any atom is -0.478 e. The first-order chi connectivity index (χ1) is 7.50. The van der Waals surface area contributed by atoms with Crippen LogP contribution in [0.4, 0.5) is 0 Å². The van der Waals surface area contributed by atoms with E-state index in [1.54, 1.807) is 0 Å². The van der Waals surface area contributed by atoms with Crippen LogP contribution in [-0.2, 0) is 0 Å². The van der Waals surface area contributed by atoms with Gasteiger partial charge in [0, 0.05) is 6.20 Å². The minimum absolute atomic E-state index is 0.0666. The van der Waals surface area contributed by atoms with Gasteiger partial charge in [0.15, 0.2) is 5.82 Å². The molecule has 0 aromatic carbocycles. The summed E-state index contributed by atoms with van der Waals surface area (Å²) in [5, 5.41) is 20.8. The highest BCUT2D eigenvalue weighted by Crippen LogP contribution is 2.09. The smallest absolute Gasteiger partial charge is 0.340 e. The molecule has 0 fully saturated rings. The van der Waals surface area contributed by atoms with E-state index in [4.69, 9.17) is 17.3 Å². The van der Waals surface area contributed by atoms with Crippen molar-refractivity contribution in [3.63, 3.8) is 0 Å². The molecule has 0 aliphatic heterocycles. The molecule has 0 saturated carbocycles. The van der Waals surface area contributed by atoms with E-state index in [-0.39, 0.29) is 21.8 Å².